The van der Waals surface area contributed by atoms with Gasteiger partial charge < -0.3 is 10.1 Å². The second-order valence-electron chi connectivity index (χ2n) is 6.50. The van der Waals surface area contributed by atoms with Gasteiger partial charge in [0.25, 0.3) is 0 Å². The highest BCUT2D eigenvalue weighted by molar-refractivity contribution is 5.98. The van der Waals surface area contributed by atoms with E-state index in [0.717, 1.165) is 25.1 Å². The highest BCUT2D eigenvalue weighted by Crippen LogP contribution is 2.26. The topological polar surface area (TPSA) is 41.6 Å². The lowest BCUT2D eigenvalue weighted by molar-refractivity contribution is -0.0652. The summed E-state index contributed by atoms with van der Waals surface area (Å²) in [6.07, 6.45) is 1.40. The molecule has 4 heteroatoms. The molecule has 3 atom stereocenters. The Kier molecular flexibility index (Phi) is 4.00. The standard InChI is InChI=1S/C17H24N2O2/c1-11-6-15-7-14(4-5-16(15)18-11)17(20)10-19-8-12(2)21-13(3)9-19/h4-5,7,11-13,18H,6,8-10H2,1-3H3. The van der Waals surface area contributed by atoms with Crippen LogP contribution in [0.4, 0.5) is 5.69 Å². The molecule has 0 aromatic heterocycles. The minimum Gasteiger partial charge on any atom is -0.382 e. The number of carbonyl (C=O) groups excluding carboxylic acids is 1. The smallest absolute Gasteiger partial charge is 0.176 e. The van der Waals surface area contributed by atoms with Crippen LogP contribution in [-0.4, -0.2) is 48.6 Å². The lowest BCUT2D eigenvalue weighted by atomic mass is 10.0. The zero-order chi connectivity index (χ0) is 15.0. The molecule has 1 saturated heterocycles. The maximum Gasteiger partial charge on any atom is 0.176 e. The molecule has 1 aromatic rings. The largest absolute Gasteiger partial charge is 0.382 e. The van der Waals surface area contributed by atoms with Gasteiger partial charge >= 0.3 is 0 Å². The minimum absolute atomic E-state index is 0.201. The number of Topliss-reactive ketones (excluding diaryl/α,β-unsaturated/α-hetero) is 1. The van der Waals surface area contributed by atoms with Crippen molar-refractivity contribution in [1.82, 2.24) is 4.90 Å². The van der Waals surface area contributed by atoms with Gasteiger partial charge in [-0.05, 0) is 51.0 Å². The lowest BCUT2D eigenvalue weighted by Gasteiger charge is -2.34. The Bertz CT molecular complexity index is 534. The van der Waals surface area contributed by atoms with E-state index in [0.29, 0.717) is 12.6 Å². The Morgan fingerprint density at radius 1 is 1.29 bits per heavy atom. The van der Waals surface area contributed by atoms with E-state index in [2.05, 4.69) is 37.1 Å². The number of fused-ring (bicyclic) bond motifs is 1. The van der Waals surface area contributed by atoms with Crippen LogP contribution in [0.3, 0.4) is 0 Å². The first kappa shape index (κ1) is 14.5. The fourth-order valence-corrected chi connectivity index (χ4v) is 3.43. The number of carbonyl (C=O) groups is 1. The predicted octanol–water partition coefficient (Wildman–Crippen LogP) is 2.33. The molecule has 0 spiro atoms. The Morgan fingerprint density at radius 2 is 2.00 bits per heavy atom. The first-order chi connectivity index (χ1) is 10.0. The van der Waals surface area contributed by atoms with Gasteiger partial charge in [-0.25, -0.2) is 0 Å². The number of ether oxygens (including phenoxy) is 1. The molecule has 1 fully saturated rings. The summed E-state index contributed by atoms with van der Waals surface area (Å²) in [5.41, 5.74) is 3.26. The Morgan fingerprint density at radius 3 is 2.71 bits per heavy atom. The van der Waals surface area contributed by atoms with Gasteiger partial charge in [0.15, 0.2) is 5.78 Å². The van der Waals surface area contributed by atoms with Crippen LogP contribution in [0.15, 0.2) is 18.2 Å². The summed E-state index contributed by atoms with van der Waals surface area (Å²) >= 11 is 0. The molecular formula is C17H24N2O2. The van der Waals surface area contributed by atoms with Crippen LogP contribution in [0.2, 0.25) is 0 Å². The third kappa shape index (κ3) is 3.27. The molecule has 2 heterocycles. The number of nitrogens with one attached hydrogen (secondary N) is 1. The van der Waals surface area contributed by atoms with Gasteiger partial charge in [0.2, 0.25) is 0 Å². The molecule has 0 saturated carbocycles. The van der Waals surface area contributed by atoms with Crippen molar-refractivity contribution >= 4 is 11.5 Å². The van der Waals surface area contributed by atoms with E-state index in [1.54, 1.807) is 0 Å². The summed E-state index contributed by atoms with van der Waals surface area (Å²) in [4.78, 5) is 14.7. The molecule has 2 aliphatic rings. The number of anilines is 1. The lowest BCUT2D eigenvalue weighted by Crippen LogP contribution is -2.47. The molecule has 1 N–H and O–H groups in total. The van der Waals surface area contributed by atoms with Gasteiger partial charge in [-0.1, -0.05) is 0 Å². The molecule has 3 rings (SSSR count). The van der Waals surface area contributed by atoms with Crippen LogP contribution in [0.5, 0.6) is 0 Å². The fourth-order valence-electron chi connectivity index (χ4n) is 3.43. The predicted molar refractivity (Wildman–Crippen MR) is 84.0 cm³/mol. The van der Waals surface area contributed by atoms with Crippen LogP contribution in [0, 0.1) is 0 Å². The van der Waals surface area contributed by atoms with Crippen molar-refractivity contribution < 1.29 is 9.53 Å². The van der Waals surface area contributed by atoms with E-state index in [4.69, 9.17) is 4.74 Å². The van der Waals surface area contributed by atoms with E-state index in [1.165, 1.54) is 11.3 Å². The summed E-state index contributed by atoms with van der Waals surface area (Å²) < 4.78 is 5.71. The van der Waals surface area contributed by atoms with Crippen LogP contribution >= 0.6 is 0 Å². The average molecular weight is 288 g/mol. The van der Waals surface area contributed by atoms with Crippen LogP contribution in [0.25, 0.3) is 0 Å². The van der Waals surface area contributed by atoms with Crippen molar-refractivity contribution in [3.8, 4) is 0 Å². The van der Waals surface area contributed by atoms with Gasteiger partial charge in [-0.3, -0.25) is 9.69 Å². The van der Waals surface area contributed by atoms with Gasteiger partial charge in [0.1, 0.15) is 0 Å². The van der Waals surface area contributed by atoms with Gasteiger partial charge in [-0.15, -0.1) is 0 Å². The fraction of sp³-hybridized carbons (Fsp3) is 0.588. The second kappa shape index (κ2) is 5.78. The van der Waals surface area contributed by atoms with Gasteiger partial charge in [0.05, 0.1) is 18.8 Å². The third-order valence-electron chi connectivity index (χ3n) is 4.22. The maximum atomic E-state index is 12.5. The number of morpholine rings is 1. The number of benzene rings is 1. The summed E-state index contributed by atoms with van der Waals surface area (Å²) in [6, 6.07) is 6.50. The molecule has 1 aromatic carbocycles. The Hall–Kier alpha value is -1.39. The average Bonchev–Trinajstić information content (AvgIpc) is 2.76. The zero-order valence-corrected chi connectivity index (χ0v) is 13.1. The van der Waals surface area contributed by atoms with E-state index in [1.807, 2.05) is 12.1 Å². The monoisotopic (exact) mass is 288 g/mol. The van der Waals surface area contributed by atoms with Crippen molar-refractivity contribution in [2.75, 3.05) is 25.0 Å². The SMILES string of the molecule is CC1Cc2cc(C(=O)CN3CC(C)OC(C)C3)ccc2N1. The summed E-state index contributed by atoms with van der Waals surface area (Å²) in [6.45, 7) is 8.45. The molecule has 4 nitrogen and oxygen atoms in total. The summed E-state index contributed by atoms with van der Waals surface area (Å²) in [5.74, 6) is 0.207. The summed E-state index contributed by atoms with van der Waals surface area (Å²) in [7, 11) is 0. The number of hydrogen-bond acceptors (Lipinski definition) is 4. The van der Waals surface area contributed by atoms with Crippen LogP contribution in [-0.2, 0) is 11.2 Å². The van der Waals surface area contributed by atoms with Gasteiger partial charge in [0, 0.05) is 30.4 Å². The molecule has 3 unspecified atom stereocenters. The number of hydrogen-bond donors (Lipinski definition) is 1. The first-order valence-corrected chi connectivity index (χ1v) is 7.81. The van der Waals surface area contributed by atoms with Crippen molar-refractivity contribution in [2.24, 2.45) is 0 Å². The van der Waals surface area contributed by atoms with E-state index < -0.39 is 0 Å². The molecule has 2 aliphatic heterocycles. The van der Waals surface area contributed by atoms with Crippen LogP contribution < -0.4 is 5.32 Å². The molecule has 0 bridgehead atoms. The van der Waals surface area contributed by atoms with Crippen molar-refractivity contribution in [3.63, 3.8) is 0 Å². The molecular weight excluding hydrogens is 264 g/mol. The Balaban J connectivity index is 1.67. The molecule has 0 radical (unpaired) electrons. The second-order valence-corrected chi connectivity index (χ2v) is 6.50. The quantitative estimate of drug-likeness (QED) is 0.867. The van der Waals surface area contributed by atoms with Crippen LogP contribution in [0.1, 0.15) is 36.7 Å². The highest BCUT2D eigenvalue weighted by atomic mass is 16.5. The molecule has 21 heavy (non-hydrogen) atoms. The highest BCUT2D eigenvalue weighted by Gasteiger charge is 2.25. The number of nitrogens with zero attached hydrogens (tertiary/aromatic N) is 1. The van der Waals surface area contributed by atoms with Crippen molar-refractivity contribution in [1.29, 1.82) is 0 Å². The van der Waals surface area contributed by atoms with Crippen molar-refractivity contribution in [3.05, 3.63) is 29.3 Å². The number of rotatable bonds is 3. The third-order valence-corrected chi connectivity index (χ3v) is 4.22. The minimum atomic E-state index is 0.201. The first-order valence-electron chi connectivity index (χ1n) is 7.81. The van der Waals surface area contributed by atoms with E-state index in [-0.39, 0.29) is 18.0 Å². The summed E-state index contributed by atoms with van der Waals surface area (Å²) in [5, 5.41) is 3.42. The normalized spacial score (nSPS) is 29.0. The maximum absolute atomic E-state index is 12.5. The molecule has 0 aliphatic carbocycles. The van der Waals surface area contributed by atoms with Gasteiger partial charge in [-0.2, -0.15) is 0 Å². The molecule has 0 amide bonds. The Labute approximate surface area is 126 Å². The van der Waals surface area contributed by atoms with E-state index >= 15 is 0 Å². The van der Waals surface area contributed by atoms with Crippen molar-refractivity contribution in [2.45, 2.75) is 45.4 Å². The van der Waals surface area contributed by atoms with E-state index in [9.17, 15) is 4.79 Å². The zero-order valence-electron chi connectivity index (χ0n) is 13.1. The number of ketones is 1. The molecule has 114 valence electrons.